The summed E-state index contributed by atoms with van der Waals surface area (Å²) in [7, 11) is -3.79. The molecule has 100 valence electrons. The molecule has 1 aromatic rings. The Morgan fingerprint density at radius 2 is 2.17 bits per heavy atom. The minimum absolute atomic E-state index is 0.149. The molecule has 3 N–H and O–H groups in total. The van der Waals surface area contributed by atoms with E-state index in [0.717, 1.165) is 18.9 Å². The second-order valence-electron chi connectivity index (χ2n) is 4.72. The summed E-state index contributed by atoms with van der Waals surface area (Å²) < 4.78 is 40.3. The lowest BCUT2D eigenvalue weighted by Gasteiger charge is -2.14. The number of nitrogens with one attached hydrogen (secondary N) is 1. The number of halogens is 1. The first kappa shape index (κ1) is 13.5. The molecule has 1 aromatic carbocycles. The van der Waals surface area contributed by atoms with Crippen LogP contribution in [-0.4, -0.2) is 14.5 Å². The van der Waals surface area contributed by atoms with Crippen molar-refractivity contribution in [1.82, 2.24) is 4.72 Å². The van der Waals surface area contributed by atoms with Crippen LogP contribution in [0.3, 0.4) is 0 Å². The first-order valence-corrected chi connectivity index (χ1v) is 7.43. The number of hydrogen-bond donors (Lipinski definition) is 2. The van der Waals surface area contributed by atoms with Gasteiger partial charge in [-0.05, 0) is 43.4 Å². The largest absolute Gasteiger partial charge is 0.326 e. The molecule has 0 heterocycles. The third-order valence-corrected chi connectivity index (χ3v) is 4.78. The van der Waals surface area contributed by atoms with Gasteiger partial charge in [0.05, 0.1) is 0 Å². The Hall–Kier alpha value is -0.980. The SMILES string of the molecule is CC(NS(=O)(=O)c1ccc(CN)cc1F)C1CC1. The van der Waals surface area contributed by atoms with Crippen LogP contribution in [0.1, 0.15) is 25.3 Å². The van der Waals surface area contributed by atoms with Crippen LogP contribution in [0.4, 0.5) is 4.39 Å². The average molecular weight is 272 g/mol. The second kappa shape index (κ2) is 4.95. The lowest BCUT2D eigenvalue weighted by molar-refractivity contribution is 0.526. The Kier molecular flexibility index (Phi) is 3.70. The highest BCUT2D eigenvalue weighted by atomic mass is 32.2. The van der Waals surface area contributed by atoms with Gasteiger partial charge in [-0.15, -0.1) is 0 Å². The first-order valence-electron chi connectivity index (χ1n) is 5.95. The fraction of sp³-hybridized carbons (Fsp3) is 0.500. The molecule has 1 unspecified atom stereocenters. The van der Waals surface area contributed by atoms with E-state index in [9.17, 15) is 12.8 Å². The van der Waals surface area contributed by atoms with Gasteiger partial charge in [0.15, 0.2) is 0 Å². The maximum absolute atomic E-state index is 13.7. The van der Waals surface area contributed by atoms with Crippen LogP contribution in [0.25, 0.3) is 0 Å². The molecule has 0 aliphatic heterocycles. The van der Waals surface area contributed by atoms with Crippen molar-refractivity contribution in [1.29, 1.82) is 0 Å². The third-order valence-electron chi connectivity index (χ3n) is 3.19. The predicted molar refractivity (Wildman–Crippen MR) is 66.8 cm³/mol. The van der Waals surface area contributed by atoms with E-state index >= 15 is 0 Å². The molecule has 0 radical (unpaired) electrons. The standard InChI is InChI=1S/C12H17FN2O2S/c1-8(10-3-4-10)15-18(16,17)12-5-2-9(7-14)6-11(12)13/h2,5-6,8,10,15H,3-4,7,14H2,1H3. The molecule has 6 heteroatoms. The van der Waals surface area contributed by atoms with Gasteiger partial charge in [0.25, 0.3) is 0 Å². The fourth-order valence-corrected chi connectivity index (χ4v) is 3.26. The van der Waals surface area contributed by atoms with E-state index in [0.29, 0.717) is 11.5 Å². The third kappa shape index (κ3) is 2.88. The van der Waals surface area contributed by atoms with Crippen molar-refractivity contribution in [2.75, 3.05) is 0 Å². The molecule has 0 saturated heterocycles. The molecule has 0 bridgehead atoms. The molecule has 4 nitrogen and oxygen atoms in total. The minimum Gasteiger partial charge on any atom is -0.326 e. The lowest BCUT2D eigenvalue weighted by atomic mass is 10.2. The highest BCUT2D eigenvalue weighted by Gasteiger charge is 2.32. The topological polar surface area (TPSA) is 72.2 Å². The lowest BCUT2D eigenvalue weighted by Crippen LogP contribution is -2.34. The van der Waals surface area contributed by atoms with Gasteiger partial charge in [0.1, 0.15) is 10.7 Å². The Balaban J connectivity index is 2.23. The van der Waals surface area contributed by atoms with Crippen LogP contribution >= 0.6 is 0 Å². The number of nitrogens with two attached hydrogens (primary N) is 1. The zero-order valence-corrected chi connectivity index (χ0v) is 11.0. The van der Waals surface area contributed by atoms with Gasteiger partial charge in [-0.3, -0.25) is 0 Å². The van der Waals surface area contributed by atoms with Gasteiger partial charge < -0.3 is 5.73 Å². The zero-order chi connectivity index (χ0) is 13.3. The Morgan fingerprint density at radius 1 is 1.50 bits per heavy atom. The molecule has 1 saturated carbocycles. The van der Waals surface area contributed by atoms with E-state index in [-0.39, 0.29) is 17.5 Å². The number of hydrogen-bond acceptors (Lipinski definition) is 3. The summed E-state index contributed by atoms with van der Waals surface area (Å²) in [6.07, 6.45) is 2.05. The number of benzene rings is 1. The van der Waals surface area contributed by atoms with Gasteiger partial charge >= 0.3 is 0 Å². The van der Waals surface area contributed by atoms with Crippen LogP contribution < -0.4 is 10.5 Å². The summed E-state index contributed by atoms with van der Waals surface area (Å²) in [6.45, 7) is 1.99. The normalized spacial score (nSPS) is 17.7. The molecular formula is C12H17FN2O2S. The molecule has 1 fully saturated rings. The summed E-state index contributed by atoms with van der Waals surface area (Å²) in [5, 5.41) is 0. The van der Waals surface area contributed by atoms with Gasteiger partial charge in [-0.1, -0.05) is 6.07 Å². The van der Waals surface area contributed by atoms with Gasteiger partial charge in [0, 0.05) is 12.6 Å². The Bertz CT molecular complexity index is 541. The molecule has 1 atom stereocenters. The first-order chi connectivity index (χ1) is 8.44. The van der Waals surface area contributed by atoms with E-state index in [1.54, 1.807) is 6.92 Å². The van der Waals surface area contributed by atoms with E-state index in [2.05, 4.69) is 4.72 Å². The Labute approximate surface area is 106 Å². The van der Waals surface area contributed by atoms with Crippen LogP contribution in [0.2, 0.25) is 0 Å². The summed E-state index contributed by atoms with van der Waals surface area (Å²) in [4.78, 5) is -0.313. The van der Waals surface area contributed by atoms with Crippen molar-refractivity contribution in [3.05, 3.63) is 29.6 Å². The summed E-state index contributed by atoms with van der Waals surface area (Å²) in [5.41, 5.74) is 5.95. The number of sulfonamides is 1. The molecule has 0 amide bonds. The van der Waals surface area contributed by atoms with Crippen molar-refractivity contribution in [2.24, 2.45) is 11.7 Å². The highest BCUT2D eigenvalue weighted by molar-refractivity contribution is 7.89. The van der Waals surface area contributed by atoms with Crippen molar-refractivity contribution in [2.45, 2.75) is 37.2 Å². The minimum atomic E-state index is -3.79. The summed E-state index contributed by atoms with van der Waals surface area (Å²) in [6, 6.07) is 3.80. The predicted octanol–water partition coefficient (Wildman–Crippen LogP) is 1.36. The van der Waals surface area contributed by atoms with Crippen molar-refractivity contribution >= 4 is 10.0 Å². The van der Waals surface area contributed by atoms with E-state index in [1.807, 2.05) is 0 Å². The van der Waals surface area contributed by atoms with Crippen LogP contribution in [0, 0.1) is 11.7 Å². The van der Waals surface area contributed by atoms with E-state index in [1.165, 1.54) is 12.1 Å². The molecular weight excluding hydrogens is 255 g/mol. The van der Waals surface area contributed by atoms with Gasteiger partial charge in [0.2, 0.25) is 10.0 Å². The monoisotopic (exact) mass is 272 g/mol. The summed E-state index contributed by atoms with van der Waals surface area (Å²) >= 11 is 0. The molecule has 2 rings (SSSR count). The van der Waals surface area contributed by atoms with Crippen molar-refractivity contribution < 1.29 is 12.8 Å². The van der Waals surface area contributed by atoms with Gasteiger partial charge in [-0.2, -0.15) is 0 Å². The number of rotatable bonds is 5. The molecule has 1 aliphatic carbocycles. The van der Waals surface area contributed by atoms with Crippen molar-refractivity contribution in [3.8, 4) is 0 Å². The van der Waals surface area contributed by atoms with E-state index in [4.69, 9.17) is 5.73 Å². The van der Waals surface area contributed by atoms with Crippen LogP contribution in [0.15, 0.2) is 23.1 Å². The molecule has 18 heavy (non-hydrogen) atoms. The maximum atomic E-state index is 13.7. The highest BCUT2D eigenvalue weighted by Crippen LogP contribution is 2.33. The zero-order valence-electron chi connectivity index (χ0n) is 10.2. The molecule has 0 aromatic heterocycles. The van der Waals surface area contributed by atoms with E-state index < -0.39 is 15.8 Å². The Morgan fingerprint density at radius 3 is 2.67 bits per heavy atom. The second-order valence-corrected chi connectivity index (χ2v) is 6.40. The molecule has 0 spiro atoms. The van der Waals surface area contributed by atoms with Crippen LogP contribution in [-0.2, 0) is 16.6 Å². The summed E-state index contributed by atoms with van der Waals surface area (Å²) in [5.74, 6) is -0.375. The average Bonchev–Trinajstić information content (AvgIpc) is 3.11. The van der Waals surface area contributed by atoms with Crippen molar-refractivity contribution in [3.63, 3.8) is 0 Å². The molecule has 1 aliphatic rings. The fourth-order valence-electron chi connectivity index (χ4n) is 1.89. The quantitative estimate of drug-likeness (QED) is 0.850. The maximum Gasteiger partial charge on any atom is 0.243 e. The van der Waals surface area contributed by atoms with Gasteiger partial charge in [-0.25, -0.2) is 17.5 Å². The van der Waals surface area contributed by atoms with Crippen LogP contribution in [0.5, 0.6) is 0 Å². The smallest absolute Gasteiger partial charge is 0.243 e.